The summed E-state index contributed by atoms with van der Waals surface area (Å²) in [6, 6.07) is 9.98. The second-order valence-electron chi connectivity index (χ2n) is 4.30. The van der Waals surface area contributed by atoms with Crippen molar-refractivity contribution in [3.63, 3.8) is 0 Å². The van der Waals surface area contributed by atoms with E-state index in [4.69, 9.17) is 5.73 Å². The number of rotatable bonds is 4. The van der Waals surface area contributed by atoms with E-state index in [0.717, 1.165) is 22.9 Å². The van der Waals surface area contributed by atoms with Crippen LogP contribution in [0.15, 0.2) is 46.2 Å². The minimum atomic E-state index is -0.821. The molecule has 0 radical (unpaired) electrons. The van der Waals surface area contributed by atoms with E-state index in [-0.39, 0.29) is 0 Å². The Hall–Kier alpha value is -1.39. The summed E-state index contributed by atoms with van der Waals surface area (Å²) < 4.78 is 26.0. The molecule has 0 aliphatic heterocycles. The van der Waals surface area contributed by atoms with Crippen molar-refractivity contribution in [3.05, 3.63) is 59.2 Å². The summed E-state index contributed by atoms with van der Waals surface area (Å²) in [7, 11) is 0. The fourth-order valence-corrected chi connectivity index (χ4v) is 2.79. The highest BCUT2D eigenvalue weighted by Crippen LogP contribution is 2.30. The van der Waals surface area contributed by atoms with Crippen LogP contribution in [0.4, 0.5) is 8.78 Å². The Morgan fingerprint density at radius 1 is 1.00 bits per heavy atom. The van der Waals surface area contributed by atoms with Crippen molar-refractivity contribution in [1.29, 1.82) is 0 Å². The summed E-state index contributed by atoms with van der Waals surface area (Å²) in [6.07, 6.45) is 0.849. The van der Waals surface area contributed by atoms with Gasteiger partial charge in [-0.05, 0) is 61.3 Å². The molecule has 0 aliphatic carbocycles. The third-order valence-corrected chi connectivity index (χ3v) is 3.83. The van der Waals surface area contributed by atoms with Gasteiger partial charge in [0.1, 0.15) is 0 Å². The molecule has 2 N–H and O–H groups in total. The fourth-order valence-electron chi connectivity index (χ4n) is 1.84. The van der Waals surface area contributed by atoms with Crippen molar-refractivity contribution in [2.75, 3.05) is 6.54 Å². The Kier molecular flexibility index (Phi) is 4.56. The van der Waals surface area contributed by atoms with Gasteiger partial charge in [0.05, 0.1) is 0 Å². The molecule has 19 heavy (non-hydrogen) atoms. The summed E-state index contributed by atoms with van der Waals surface area (Å²) in [5.41, 5.74) is 7.92. The number of hydrogen-bond acceptors (Lipinski definition) is 2. The van der Waals surface area contributed by atoms with E-state index in [1.54, 1.807) is 6.07 Å². The van der Waals surface area contributed by atoms with E-state index >= 15 is 0 Å². The van der Waals surface area contributed by atoms with Crippen molar-refractivity contribution < 1.29 is 8.78 Å². The first kappa shape index (κ1) is 14.0. The van der Waals surface area contributed by atoms with E-state index in [0.29, 0.717) is 11.4 Å². The fraction of sp³-hybridized carbons (Fsp3) is 0.200. The SMILES string of the molecule is Cc1cc(Sc2ccc(F)c(F)c2)ccc1CCN. The van der Waals surface area contributed by atoms with Crippen LogP contribution in [0.3, 0.4) is 0 Å². The zero-order chi connectivity index (χ0) is 13.8. The Labute approximate surface area is 115 Å². The van der Waals surface area contributed by atoms with Crippen LogP contribution in [-0.4, -0.2) is 6.54 Å². The molecule has 1 nitrogen and oxygen atoms in total. The van der Waals surface area contributed by atoms with Crippen molar-refractivity contribution in [1.82, 2.24) is 0 Å². The first-order valence-corrected chi connectivity index (χ1v) is 6.84. The summed E-state index contributed by atoms with van der Waals surface area (Å²) in [6.45, 7) is 2.65. The van der Waals surface area contributed by atoms with Gasteiger partial charge in [0.15, 0.2) is 11.6 Å². The lowest BCUT2D eigenvalue weighted by molar-refractivity contribution is 0.506. The molecule has 2 aromatic rings. The van der Waals surface area contributed by atoms with E-state index in [2.05, 4.69) is 0 Å². The topological polar surface area (TPSA) is 26.0 Å². The van der Waals surface area contributed by atoms with Crippen LogP contribution in [0.5, 0.6) is 0 Å². The van der Waals surface area contributed by atoms with Crippen LogP contribution in [0, 0.1) is 18.6 Å². The second kappa shape index (κ2) is 6.17. The van der Waals surface area contributed by atoms with E-state index in [1.165, 1.54) is 23.4 Å². The van der Waals surface area contributed by atoms with E-state index in [1.807, 2.05) is 25.1 Å². The van der Waals surface area contributed by atoms with E-state index in [9.17, 15) is 8.78 Å². The van der Waals surface area contributed by atoms with Crippen LogP contribution < -0.4 is 5.73 Å². The quantitative estimate of drug-likeness (QED) is 0.917. The Bertz CT molecular complexity index is 584. The number of halogens is 2. The molecule has 0 fully saturated rings. The van der Waals surface area contributed by atoms with Gasteiger partial charge in [-0.25, -0.2) is 8.78 Å². The number of benzene rings is 2. The van der Waals surface area contributed by atoms with Gasteiger partial charge in [0.25, 0.3) is 0 Å². The first-order valence-electron chi connectivity index (χ1n) is 6.02. The second-order valence-corrected chi connectivity index (χ2v) is 5.45. The Morgan fingerprint density at radius 2 is 1.68 bits per heavy atom. The maximum absolute atomic E-state index is 13.1. The summed E-state index contributed by atoms with van der Waals surface area (Å²) in [5.74, 6) is -1.64. The Balaban J connectivity index is 2.19. The maximum atomic E-state index is 13.1. The molecule has 2 rings (SSSR count). The lowest BCUT2D eigenvalue weighted by Crippen LogP contribution is -2.03. The molecule has 4 heteroatoms. The zero-order valence-electron chi connectivity index (χ0n) is 10.6. The zero-order valence-corrected chi connectivity index (χ0v) is 11.4. The van der Waals surface area contributed by atoms with Crippen molar-refractivity contribution >= 4 is 11.8 Å². The average Bonchev–Trinajstić information content (AvgIpc) is 2.37. The van der Waals surface area contributed by atoms with Crippen molar-refractivity contribution in [2.45, 2.75) is 23.1 Å². The molecular formula is C15H15F2NS. The summed E-state index contributed by atoms with van der Waals surface area (Å²) in [5, 5.41) is 0. The molecule has 0 atom stereocenters. The predicted octanol–water partition coefficient (Wildman–Crippen LogP) is 3.93. The van der Waals surface area contributed by atoms with Gasteiger partial charge >= 0.3 is 0 Å². The monoisotopic (exact) mass is 279 g/mol. The minimum Gasteiger partial charge on any atom is -0.330 e. The normalized spacial score (nSPS) is 10.7. The van der Waals surface area contributed by atoms with Crippen LogP contribution in [-0.2, 0) is 6.42 Å². The molecule has 100 valence electrons. The van der Waals surface area contributed by atoms with Gasteiger partial charge in [-0.1, -0.05) is 17.8 Å². The van der Waals surface area contributed by atoms with Crippen LogP contribution >= 0.6 is 11.8 Å². The van der Waals surface area contributed by atoms with Gasteiger partial charge in [0.2, 0.25) is 0 Å². The summed E-state index contributed by atoms with van der Waals surface area (Å²) >= 11 is 1.41. The minimum absolute atomic E-state index is 0.622. The molecule has 0 aromatic heterocycles. The lowest BCUT2D eigenvalue weighted by atomic mass is 10.1. The molecule has 0 spiro atoms. The molecule has 2 aromatic carbocycles. The molecule has 0 heterocycles. The average molecular weight is 279 g/mol. The number of aryl methyl sites for hydroxylation is 1. The van der Waals surface area contributed by atoms with Gasteiger partial charge in [-0.2, -0.15) is 0 Å². The van der Waals surface area contributed by atoms with Crippen LogP contribution in [0.25, 0.3) is 0 Å². The van der Waals surface area contributed by atoms with Crippen LogP contribution in [0.1, 0.15) is 11.1 Å². The molecule has 0 amide bonds. The van der Waals surface area contributed by atoms with Crippen molar-refractivity contribution in [2.24, 2.45) is 5.73 Å². The molecule has 0 aliphatic rings. The van der Waals surface area contributed by atoms with Gasteiger partial charge < -0.3 is 5.73 Å². The lowest BCUT2D eigenvalue weighted by Gasteiger charge is -2.08. The standard InChI is InChI=1S/C15H15F2NS/c1-10-8-12(3-2-11(10)6-7-18)19-13-4-5-14(16)15(17)9-13/h2-5,8-9H,6-7,18H2,1H3. The van der Waals surface area contributed by atoms with Crippen LogP contribution in [0.2, 0.25) is 0 Å². The first-order chi connectivity index (χ1) is 9.10. The third-order valence-electron chi connectivity index (χ3n) is 2.85. The predicted molar refractivity (Wildman–Crippen MR) is 74.4 cm³/mol. The van der Waals surface area contributed by atoms with Crippen molar-refractivity contribution in [3.8, 4) is 0 Å². The summed E-state index contributed by atoms with van der Waals surface area (Å²) in [4.78, 5) is 1.69. The highest BCUT2D eigenvalue weighted by atomic mass is 32.2. The smallest absolute Gasteiger partial charge is 0.159 e. The molecule has 0 bridgehead atoms. The molecule has 0 unspecified atom stereocenters. The maximum Gasteiger partial charge on any atom is 0.159 e. The molecule has 0 saturated heterocycles. The highest BCUT2D eigenvalue weighted by Gasteiger charge is 2.05. The third kappa shape index (κ3) is 3.55. The van der Waals surface area contributed by atoms with Gasteiger partial charge in [-0.15, -0.1) is 0 Å². The Morgan fingerprint density at radius 3 is 2.32 bits per heavy atom. The molecular weight excluding hydrogens is 264 g/mol. The van der Waals surface area contributed by atoms with E-state index < -0.39 is 11.6 Å². The number of nitrogens with two attached hydrogens (primary N) is 1. The highest BCUT2D eigenvalue weighted by molar-refractivity contribution is 7.99. The number of hydrogen-bond donors (Lipinski definition) is 1. The van der Waals surface area contributed by atoms with Gasteiger partial charge in [0, 0.05) is 9.79 Å². The molecule has 0 saturated carbocycles. The largest absolute Gasteiger partial charge is 0.330 e. The van der Waals surface area contributed by atoms with Gasteiger partial charge in [-0.3, -0.25) is 0 Å².